The van der Waals surface area contributed by atoms with E-state index in [-0.39, 0.29) is 11.3 Å². The number of nitriles is 1. The Morgan fingerprint density at radius 1 is 1.71 bits per heavy atom. The highest BCUT2D eigenvalue weighted by molar-refractivity contribution is 5.71. The third-order valence-electron chi connectivity index (χ3n) is 2.01. The minimum atomic E-state index is -2.96. The average Bonchev–Trinajstić information content (AvgIpc) is 2.27. The summed E-state index contributed by atoms with van der Waals surface area (Å²) >= 11 is 0. The maximum absolute atomic E-state index is 12.8. The number of aromatic nitrogens is 1. The molecule has 1 aromatic rings. The first-order chi connectivity index (χ1) is 8.01. The van der Waals surface area contributed by atoms with Crippen LogP contribution >= 0.6 is 0 Å². The number of aliphatic carboxylic acids is 1. The second-order valence-corrected chi connectivity index (χ2v) is 3.06. The molecule has 0 bridgehead atoms. The van der Waals surface area contributed by atoms with Crippen molar-refractivity contribution in [2.45, 2.75) is 12.8 Å². The fraction of sp³-hybridized carbons (Fsp3) is 0.300. The Balaban J connectivity index is 3.42. The van der Waals surface area contributed by atoms with Crippen LogP contribution in [0.4, 0.5) is 8.78 Å². The Hall–Kier alpha value is -2.23. The van der Waals surface area contributed by atoms with E-state index < -0.39 is 30.1 Å². The summed E-state index contributed by atoms with van der Waals surface area (Å²) in [6, 6.07) is 1.51. The maximum atomic E-state index is 12.8. The van der Waals surface area contributed by atoms with Crippen LogP contribution in [0.25, 0.3) is 0 Å². The van der Waals surface area contributed by atoms with Crippen LogP contribution < -0.4 is 4.74 Å². The minimum Gasteiger partial charge on any atom is -0.496 e. The number of rotatable bonds is 4. The Labute approximate surface area is 95.3 Å². The molecule has 1 N–H and O–H groups in total. The molecule has 1 rings (SSSR count). The van der Waals surface area contributed by atoms with E-state index in [0.717, 1.165) is 13.3 Å². The quantitative estimate of drug-likeness (QED) is 0.865. The standard InChI is InChI=1S/C10H8F2N2O3/c1-17-9-5(2-7(15)16)4-14-6(3-13)8(9)10(11)12/h4,10H,2H2,1H3,(H,15,16). The molecular weight excluding hydrogens is 234 g/mol. The van der Waals surface area contributed by atoms with Crippen LogP contribution in [0.1, 0.15) is 23.2 Å². The van der Waals surface area contributed by atoms with Crippen LogP contribution in [0.3, 0.4) is 0 Å². The third kappa shape index (κ3) is 2.66. The van der Waals surface area contributed by atoms with E-state index in [9.17, 15) is 13.6 Å². The maximum Gasteiger partial charge on any atom is 0.308 e. The summed E-state index contributed by atoms with van der Waals surface area (Å²) in [5, 5.41) is 17.2. The number of hydrogen-bond acceptors (Lipinski definition) is 4. The first kappa shape index (κ1) is 12.8. The van der Waals surface area contributed by atoms with Crippen LogP contribution in [0, 0.1) is 11.3 Å². The number of hydrogen-bond donors (Lipinski definition) is 1. The Morgan fingerprint density at radius 2 is 2.35 bits per heavy atom. The van der Waals surface area contributed by atoms with Gasteiger partial charge in [0.15, 0.2) is 5.69 Å². The molecule has 7 heteroatoms. The zero-order valence-electron chi connectivity index (χ0n) is 8.78. The van der Waals surface area contributed by atoms with Crippen molar-refractivity contribution in [2.75, 3.05) is 7.11 Å². The van der Waals surface area contributed by atoms with Crippen molar-refractivity contribution < 1.29 is 23.4 Å². The molecule has 5 nitrogen and oxygen atoms in total. The van der Waals surface area contributed by atoms with Gasteiger partial charge in [-0.1, -0.05) is 0 Å². The van der Waals surface area contributed by atoms with Gasteiger partial charge in [-0.2, -0.15) is 5.26 Å². The number of pyridine rings is 1. The van der Waals surface area contributed by atoms with Crippen molar-refractivity contribution >= 4 is 5.97 Å². The number of carboxylic acid groups (broad SMARTS) is 1. The molecule has 0 saturated carbocycles. The number of alkyl halides is 2. The molecule has 1 heterocycles. The highest BCUT2D eigenvalue weighted by atomic mass is 19.3. The number of ether oxygens (including phenoxy) is 1. The summed E-state index contributed by atoms with van der Waals surface area (Å²) in [6.07, 6.45) is -2.40. The number of carboxylic acids is 1. The van der Waals surface area contributed by atoms with Gasteiger partial charge in [0.2, 0.25) is 0 Å². The largest absolute Gasteiger partial charge is 0.496 e. The molecule has 0 atom stereocenters. The van der Waals surface area contributed by atoms with Crippen molar-refractivity contribution in [2.24, 2.45) is 0 Å². The monoisotopic (exact) mass is 242 g/mol. The average molecular weight is 242 g/mol. The molecule has 0 aliphatic heterocycles. The predicted octanol–water partition coefficient (Wildman–Crippen LogP) is 1.53. The fourth-order valence-electron chi connectivity index (χ4n) is 1.37. The molecule has 0 aromatic carbocycles. The van der Waals surface area contributed by atoms with Gasteiger partial charge in [-0.05, 0) is 0 Å². The van der Waals surface area contributed by atoms with E-state index in [1.165, 1.54) is 6.07 Å². The number of nitrogens with zero attached hydrogens (tertiary/aromatic N) is 2. The van der Waals surface area contributed by atoms with Crippen molar-refractivity contribution in [1.82, 2.24) is 4.98 Å². The summed E-state index contributed by atoms with van der Waals surface area (Å²) in [5.41, 5.74) is -1.13. The summed E-state index contributed by atoms with van der Waals surface area (Å²) in [6.45, 7) is 0. The third-order valence-corrected chi connectivity index (χ3v) is 2.01. The van der Waals surface area contributed by atoms with E-state index in [0.29, 0.717) is 0 Å². The lowest BCUT2D eigenvalue weighted by atomic mass is 10.1. The molecular formula is C10H8F2N2O3. The molecule has 0 unspecified atom stereocenters. The van der Waals surface area contributed by atoms with E-state index in [4.69, 9.17) is 15.1 Å². The van der Waals surface area contributed by atoms with Gasteiger partial charge in [0.05, 0.1) is 19.1 Å². The molecule has 17 heavy (non-hydrogen) atoms. The van der Waals surface area contributed by atoms with Gasteiger partial charge < -0.3 is 9.84 Å². The summed E-state index contributed by atoms with van der Waals surface area (Å²) in [4.78, 5) is 14.0. The lowest BCUT2D eigenvalue weighted by Gasteiger charge is -2.12. The van der Waals surface area contributed by atoms with Crippen LogP contribution in [-0.4, -0.2) is 23.2 Å². The molecule has 90 valence electrons. The molecule has 0 spiro atoms. The van der Waals surface area contributed by atoms with Crippen molar-refractivity contribution in [3.8, 4) is 11.8 Å². The zero-order chi connectivity index (χ0) is 13.0. The Bertz CT molecular complexity index is 483. The van der Waals surface area contributed by atoms with Gasteiger partial charge in [0, 0.05) is 11.8 Å². The second-order valence-electron chi connectivity index (χ2n) is 3.06. The van der Waals surface area contributed by atoms with Gasteiger partial charge >= 0.3 is 5.97 Å². The number of carbonyl (C=O) groups is 1. The molecule has 0 saturated heterocycles. The topological polar surface area (TPSA) is 83.2 Å². The van der Waals surface area contributed by atoms with Gasteiger partial charge in [0.1, 0.15) is 11.8 Å². The van der Waals surface area contributed by atoms with E-state index in [1.807, 2.05) is 0 Å². The molecule has 0 fully saturated rings. The van der Waals surface area contributed by atoms with Gasteiger partial charge in [-0.25, -0.2) is 13.8 Å². The van der Waals surface area contributed by atoms with Crippen LogP contribution in [0.2, 0.25) is 0 Å². The van der Waals surface area contributed by atoms with E-state index >= 15 is 0 Å². The summed E-state index contributed by atoms with van der Waals surface area (Å²) in [7, 11) is 1.13. The minimum absolute atomic E-state index is 0.00861. The highest BCUT2D eigenvalue weighted by Crippen LogP contribution is 2.33. The summed E-state index contributed by atoms with van der Waals surface area (Å²) in [5.74, 6) is -1.50. The molecule has 0 aliphatic carbocycles. The SMILES string of the molecule is COc1c(CC(=O)O)cnc(C#N)c1C(F)F. The normalized spacial score (nSPS) is 10.1. The van der Waals surface area contributed by atoms with Crippen LogP contribution in [0.5, 0.6) is 5.75 Å². The van der Waals surface area contributed by atoms with E-state index in [1.54, 1.807) is 0 Å². The molecule has 0 amide bonds. The van der Waals surface area contributed by atoms with Gasteiger partial charge in [0.25, 0.3) is 6.43 Å². The summed E-state index contributed by atoms with van der Waals surface area (Å²) < 4.78 is 30.3. The molecule has 0 aliphatic rings. The lowest BCUT2D eigenvalue weighted by Crippen LogP contribution is -2.07. The van der Waals surface area contributed by atoms with Gasteiger partial charge in [-0.15, -0.1) is 0 Å². The van der Waals surface area contributed by atoms with E-state index in [2.05, 4.69) is 4.98 Å². The molecule has 1 aromatic heterocycles. The number of halogens is 2. The smallest absolute Gasteiger partial charge is 0.308 e. The van der Waals surface area contributed by atoms with Crippen molar-refractivity contribution in [1.29, 1.82) is 5.26 Å². The Kier molecular flexibility index (Phi) is 3.93. The van der Waals surface area contributed by atoms with Crippen molar-refractivity contribution in [3.63, 3.8) is 0 Å². The van der Waals surface area contributed by atoms with Gasteiger partial charge in [-0.3, -0.25) is 4.79 Å². The fourth-order valence-corrected chi connectivity index (χ4v) is 1.37. The number of methoxy groups -OCH3 is 1. The Morgan fingerprint density at radius 3 is 2.76 bits per heavy atom. The highest BCUT2D eigenvalue weighted by Gasteiger charge is 2.24. The second kappa shape index (κ2) is 5.21. The first-order valence-electron chi connectivity index (χ1n) is 4.47. The zero-order valence-corrected chi connectivity index (χ0v) is 8.78. The first-order valence-corrected chi connectivity index (χ1v) is 4.47. The van der Waals surface area contributed by atoms with Crippen LogP contribution in [0.15, 0.2) is 6.20 Å². The lowest BCUT2D eigenvalue weighted by molar-refractivity contribution is -0.136. The predicted molar refractivity (Wildman–Crippen MR) is 51.8 cm³/mol. The molecule has 0 radical (unpaired) electrons. The van der Waals surface area contributed by atoms with Crippen LogP contribution in [-0.2, 0) is 11.2 Å². The van der Waals surface area contributed by atoms with Crippen molar-refractivity contribution in [3.05, 3.63) is 23.0 Å².